The minimum Gasteiger partial charge on any atom is -0.496 e. The summed E-state index contributed by atoms with van der Waals surface area (Å²) < 4.78 is 11.1. The summed E-state index contributed by atoms with van der Waals surface area (Å²) in [6.45, 7) is 11.0. The number of hydrogen-bond acceptors (Lipinski definition) is 3. The molecule has 1 aromatic heterocycles. The molecular formula is C18H27NO2. The lowest BCUT2D eigenvalue weighted by Gasteiger charge is -2.46. The van der Waals surface area contributed by atoms with Crippen LogP contribution in [-0.4, -0.2) is 19.2 Å². The Morgan fingerprint density at radius 2 is 2.05 bits per heavy atom. The molecule has 3 heteroatoms. The molecule has 3 nitrogen and oxygen atoms in total. The maximum atomic E-state index is 5.60. The second-order valence-electron chi connectivity index (χ2n) is 6.65. The fourth-order valence-corrected chi connectivity index (χ4v) is 4.27. The third kappa shape index (κ3) is 2.78. The van der Waals surface area contributed by atoms with Crippen LogP contribution in [0.1, 0.15) is 45.1 Å². The van der Waals surface area contributed by atoms with Crippen molar-refractivity contribution in [3.8, 4) is 11.6 Å². The number of pyridine rings is 1. The van der Waals surface area contributed by atoms with E-state index in [1.165, 1.54) is 6.42 Å². The quantitative estimate of drug-likeness (QED) is 0.768. The third-order valence-electron chi connectivity index (χ3n) is 4.95. The molecule has 0 spiro atoms. The molecular weight excluding hydrogens is 262 g/mol. The second kappa shape index (κ2) is 6.08. The van der Waals surface area contributed by atoms with Crippen molar-refractivity contribution in [1.82, 2.24) is 4.98 Å². The Morgan fingerprint density at radius 3 is 2.62 bits per heavy atom. The van der Waals surface area contributed by atoms with E-state index < -0.39 is 0 Å². The molecule has 0 N–H and O–H groups in total. The normalized spacial score (nSPS) is 32.5. The molecule has 1 aliphatic carbocycles. The van der Waals surface area contributed by atoms with Crippen molar-refractivity contribution in [2.24, 2.45) is 17.3 Å². The number of methoxy groups -OCH3 is 2. The van der Waals surface area contributed by atoms with Gasteiger partial charge in [0.1, 0.15) is 5.75 Å². The molecule has 0 aromatic carbocycles. The van der Waals surface area contributed by atoms with Gasteiger partial charge in [-0.15, -0.1) is 6.58 Å². The van der Waals surface area contributed by atoms with Gasteiger partial charge in [0.05, 0.1) is 19.8 Å². The third-order valence-corrected chi connectivity index (χ3v) is 4.95. The predicted octanol–water partition coefficient (Wildman–Crippen LogP) is 4.44. The first-order chi connectivity index (χ1) is 9.96. The van der Waals surface area contributed by atoms with Gasteiger partial charge in [-0.2, -0.15) is 0 Å². The van der Waals surface area contributed by atoms with Gasteiger partial charge in [-0.25, -0.2) is 4.98 Å². The summed E-state index contributed by atoms with van der Waals surface area (Å²) in [5.41, 5.74) is 1.12. The first kappa shape index (κ1) is 15.9. The monoisotopic (exact) mass is 289 g/mol. The first-order valence-electron chi connectivity index (χ1n) is 7.67. The maximum Gasteiger partial charge on any atom is 0.220 e. The Morgan fingerprint density at radius 1 is 1.33 bits per heavy atom. The molecule has 2 rings (SSSR count). The lowest BCUT2D eigenvalue weighted by atomic mass is 9.58. The van der Waals surface area contributed by atoms with Crippen LogP contribution in [0.2, 0.25) is 0 Å². The Hall–Kier alpha value is -1.51. The molecule has 1 aromatic rings. The van der Waals surface area contributed by atoms with E-state index in [4.69, 9.17) is 9.47 Å². The second-order valence-corrected chi connectivity index (χ2v) is 6.65. The number of aromatic nitrogens is 1. The van der Waals surface area contributed by atoms with Gasteiger partial charge in [0.25, 0.3) is 0 Å². The molecule has 0 unspecified atom stereocenters. The van der Waals surface area contributed by atoms with Gasteiger partial charge in [-0.05, 0) is 36.2 Å². The Labute approximate surface area is 128 Å². The molecule has 0 radical (unpaired) electrons. The minimum atomic E-state index is 0.0284. The van der Waals surface area contributed by atoms with Crippen LogP contribution in [0, 0.1) is 17.3 Å². The zero-order valence-corrected chi connectivity index (χ0v) is 13.8. The Kier molecular flexibility index (Phi) is 4.60. The number of nitrogens with zero attached hydrogens (tertiary/aromatic N) is 1. The summed E-state index contributed by atoms with van der Waals surface area (Å²) in [5, 5.41) is 0. The summed E-state index contributed by atoms with van der Waals surface area (Å²) >= 11 is 0. The van der Waals surface area contributed by atoms with E-state index in [2.05, 4.69) is 38.4 Å². The van der Waals surface area contributed by atoms with E-state index in [1.54, 1.807) is 20.4 Å². The van der Waals surface area contributed by atoms with Gasteiger partial charge in [-0.3, -0.25) is 0 Å². The molecule has 0 aliphatic heterocycles. The molecule has 1 fully saturated rings. The summed E-state index contributed by atoms with van der Waals surface area (Å²) in [5.74, 6) is 3.08. The van der Waals surface area contributed by atoms with Gasteiger partial charge >= 0.3 is 0 Å². The van der Waals surface area contributed by atoms with Gasteiger partial charge in [0.2, 0.25) is 5.88 Å². The molecule has 0 bridgehead atoms. The molecule has 1 saturated carbocycles. The number of rotatable bonds is 4. The number of ether oxygens (including phenoxy) is 2. The SMILES string of the molecule is C=C[C@]1(C)C[C@@H](C)C[C@@H](C)[C@@H]1c1c(OC)ccnc1OC. The summed E-state index contributed by atoms with van der Waals surface area (Å²) in [7, 11) is 3.38. The van der Waals surface area contributed by atoms with Crippen molar-refractivity contribution in [3.05, 3.63) is 30.5 Å². The Bertz CT molecular complexity index is 492. The molecule has 0 amide bonds. The minimum absolute atomic E-state index is 0.0284. The fourth-order valence-electron chi connectivity index (χ4n) is 4.27. The van der Waals surface area contributed by atoms with Crippen molar-refractivity contribution in [2.45, 2.75) is 39.5 Å². The van der Waals surface area contributed by atoms with Crippen LogP contribution in [0.5, 0.6) is 11.6 Å². The van der Waals surface area contributed by atoms with Gasteiger partial charge in [0.15, 0.2) is 0 Å². The lowest BCUT2D eigenvalue weighted by Crippen LogP contribution is -2.36. The summed E-state index contributed by atoms with van der Waals surface area (Å²) in [6, 6.07) is 1.92. The van der Waals surface area contributed by atoms with Crippen LogP contribution < -0.4 is 9.47 Å². The van der Waals surface area contributed by atoms with Crippen LogP contribution in [0.25, 0.3) is 0 Å². The number of allylic oxidation sites excluding steroid dienone is 1. The van der Waals surface area contributed by atoms with E-state index in [0.29, 0.717) is 23.6 Å². The summed E-state index contributed by atoms with van der Waals surface area (Å²) in [6.07, 6.45) is 6.18. The highest BCUT2D eigenvalue weighted by Gasteiger charge is 2.44. The predicted molar refractivity (Wildman–Crippen MR) is 85.9 cm³/mol. The molecule has 21 heavy (non-hydrogen) atoms. The van der Waals surface area contributed by atoms with Crippen LogP contribution >= 0.6 is 0 Å². The van der Waals surface area contributed by atoms with E-state index >= 15 is 0 Å². The van der Waals surface area contributed by atoms with Crippen LogP contribution in [0.4, 0.5) is 0 Å². The first-order valence-corrected chi connectivity index (χ1v) is 7.67. The molecule has 116 valence electrons. The van der Waals surface area contributed by atoms with Gasteiger partial charge in [-0.1, -0.05) is 26.8 Å². The van der Waals surface area contributed by atoms with Crippen molar-refractivity contribution in [1.29, 1.82) is 0 Å². The maximum absolute atomic E-state index is 5.60. The van der Waals surface area contributed by atoms with E-state index in [-0.39, 0.29) is 5.41 Å². The molecule has 4 atom stereocenters. The fraction of sp³-hybridized carbons (Fsp3) is 0.611. The largest absolute Gasteiger partial charge is 0.496 e. The van der Waals surface area contributed by atoms with Gasteiger partial charge in [0, 0.05) is 12.1 Å². The van der Waals surface area contributed by atoms with Crippen molar-refractivity contribution in [3.63, 3.8) is 0 Å². The highest BCUT2D eigenvalue weighted by atomic mass is 16.5. The highest BCUT2D eigenvalue weighted by Crippen LogP contribution is 2.56. The van der Waals surface area contributed by atoms with E-state index in [0.717, 1.165) is 17.7 Å². The standard InChI is InChI=1S/C18H27NO2/c1-7-18(4)11-12(2)10-13(3)16(18)15-14(20-5)8-9-19-17(15)21-6/h7-9,12-13,16H,1,10-11H2,2-6H3/t12-,13+,16+,18+/m0/s1. The average Bonchev–Trinajstić information content (AvgIpc) is 2.46. The van der Waals surface area contributed by atoms with Crippen LogP contribution in [0.15, 0.2) is 24.9 Å². The molecule has 1 aliphatic rings. The lowest BCUT2D eigenvalue weighted by molar-refractivity contribution is 0.126. The highest BCUT2D eigenvalue weighted by molar-refractivity contribution is 5.45. The van der Waals surface area contributed by atoms with Crippen LogP contribution in [0.3, 0.4) is 0 Å². The van der Waals surface area contributed by atoms with E-state index in [9.17, 15) is 0 Å². The zero-order chi connectivity index (χ0) is 15.6. The van der Waals surface area contributed by atoms with Crippen molar-refractivity contribution in [2.75, 3.05) is 14.2 Å². The van der Waals surface area contributed by atoms with Gasteiger partial charge < -0.3 is 9.47 Å². The summed E-state index contributed by atoms with van der Waals surface area (Å²) in [4.78, 5) is 4.40. The molecule has 0 saturated heterocycles. The Balaban J connectivity index is 2.59. The zero-order valence-electron chi connectivity index (χ0n) is 13.8. The van der Waals surface area contributed by atoms with Crippen molar-refractivity contribution < 1.29 is 9.47 Å². The van der Waals surface area contributed by atoms with E-state index in [1.807, 2.05) is 6.07 Å². The molecule has 1 heterocycles. The van der Waals surface area contributed by atoms with Crippen molar-refractivity contribution >= 4 is 0 Å². The average molecular weight is 289 g/mol. The van der Waals surface area contributed by atoms with Crippen LogP contribution in [-0.2, 0) is 0 Å². The topological polar surface area (TPSA) is 31.4 Å². The smallest absolute Gasteiger partial charge is 0.220 e. The number of hydrogen-bond donors (Lipinski definition) is 0.